The first kappa shape index (κ1) is 15.0. The summed E-state index contributed by atoms with van der Waals surface area (Å²) < 4.78 is 5.98. The normalized spacial score (nSPS) is 23.0. The highest BCUT2D eigenvalue weighted by molar-refractivity contribution is 9.10. The van der Waals surface area contributed by atoms with Gasteiger partial charge in [0.1, 0.15) is 12.1 Å². The van der Waals surface area contributed by atoms with Gasteiger partial charge in [0.2, 0.25) is 0 Å². The van der Waals surface area contributed by atoms with E-state index in [0.717, 1.165) is 4.47 Å². The Hall–Kier alpha value is -1.39. The lowest BCUT2D eigenvalue weighted by atomic mass is 9.88. The third-order valence-corrected chi connectivity index (χ3v) is 4.17. The minimum atomic E-state index is -0.859. The quantitative estimate of drug-likeness (QED) is 0.677. The van der Waals surface area contributed by atoms with Crippen LogP contribution in [0.4, 0.5) is 5.69 Å². The highest BCUT2D eigenvalue weighted by atomic mass is 79.9. The van der Waals surface area contributed by atoms with Crippen LogP contribution in [0.5, 0.6) is 0 Å². The molecule has 2 rings (SSSR count). The number of carbonyl (C=O) groups is 1. The number of benzene rings is 1. The van der Waals surface area contributed by atoms with Crippen molar-refractivity contribution in [2.75, 3.05) is 12.0 Å². The SMILES string of the molecule is C=C=C(C)[C@@H](O)[C@@H]1[C@H](OC)C(=O)N1c1ccccc1Br. The Morgan fingerprint density at radius 3 is 2.75 bits per heavy atom. The molecule has 1 amide bonds. The fourth-order valence-electron chi connectivity index (χ4n) is 2.32. The van der Waals surface area contributed by atoms with Crippen molar-refractivity contribution >= 4 is 27.5 Å². The van der Waals surface area contributed by atoms with E-state index in [1.807, 2.05) is 24.3 Å². The number of aliphatic hydroxyl groups excluding tert-OH is 1. The van der Waals surface area contributed by atoms with E-state index in [9.17, 15) is 9.90 Å². The zero-order chi connectivity index (χ0) is 14.9. The lowest BCUT2D eigenvalue weighted by molar-refractivity contribution is -0.143. The number of methoxy groups -OCH3 is 1. The molecule has 1 aliphatic rings. The maximum absolute atomic E-state index is 12.2. The molecule has 0 aliphatic carbocycles. The Kier molecular flexibility index (Phi) is 4.45. The van der Waals surface area contributed by atoms with Crippen LogP contribution < -0.4 is 4.90 Å². The van der Waals surface area contributed by atoms with Gasteiger partial charge in [0.25, 0.3) is 5.91 Å². The second-order valence-electron chi connectivity index (χ2n) is 4.61. The third kappa shape index (κ3) is 2.34. The average Bonchev–Trinajstić information content (AvgIpc) is 2.45. The molecule has 0 saturated carbocycles. The number of rotatable bonds is 4. The van der Waals surface area contributed by atoms with Crippen molar-refractivity contribution in [3.8, 4) is 0 Å². The largest absolute Gasteiger partial charge is 0.386 e. The number of anilines is 1. The summed E-state index contributed by atoms with van der Waals surface area (Å²) in [6.45, 7) is 5.26. The van der Waals surface area contributed by atoms with Gasteiger partial charge >= 0.3 is 0 Å². The number of hydrogen-bond acceptors (Lipinski definition) is 3. The number of β-lactam (4-membered cyclic amide) rings is 1. The molecule has 1 N–H and O–H groups in total. The number of ether oxygens (including phenoxy) is 1. The Balaban J connectivity index is 2.39. The number of aliphatic hydroxyl groups is 1. The molecule has 1 fully saturated rings. The molecule has 1 aromatic rings. The molecule has 0 radical (unpaired) electrons. The number of carbonyl (C=O) groups excluding carboxylic acids is 1. The van der Waals surface area contributed by atoms with E-state index in [4.69, 9.17) is 4.74 Å². The van der Waals surface area contributed by atoms with Gasteiger partial charge in [-0.2, -0.15) is 0 Å². The van der Waals surface area contributed by atoms with E-state index >= 15 is 0 Å². The van der Waals surface area contributed by atoms with E-state index < -0.39 is 18.2 Å². The van der Waals surface area contributed by atoms with Gasteiger partial charge in [-0.1, -0.05) is 18.7 Å². The Bertz CT molecular complexity index is 580. The zero-order valence-electron chi connectivity index (χ0n) is 11.3. The lowest BCUT2D eigenvalue weighted by Crippen LogP contribution is -2.70. The topological polar surface area (TPSA) is 49.8 Å². The number of hydrogen-bond donors (Lipinski definition) is 1. The summed E-state index contributed by atoms with van der Waals surface area (Å²) in [4.78, 5) is 13.7. The molecule has 0 unspecified atom stereocenters. The fraction of sp³-hybridized carbons (Fsp3) is 0.333. The molecular formula is C15H16BrNO3. The zero-order valence-corrected chi connectivity index (χ0v) is 12.9. The van der Waals surface area contributed by atoms with Crippen LogP contribution in [0.3, 0.4) is 0 Å². The van der Waals surface area contributed by atoms with E-state index in [1.165, 1.54) is 7.11 Å². The number of halogens is 1. The lowest BCUT2D eigenvalue weighted by Gasteiger charge is -2.48. The molecule has 1 heterocycles. The molecule has 0 bridgehead atoms. The van der Waals surface area contributed by atoms with Crippen LogP contribution in [0.2, 0.25) is 0 Å². The van der Waals surface area contributed by atoms with E-state index in [-0.39, 0.29) is 5.91 Å². The maximum Gasteiger partial charge on any atom is 0.258 e. The molecular weight excluding hydrogens is 322 g/mol. The summed E-state index contributed by atoms with van der Waals surface area (Å²) >= 11 is 3.42. The average molecular weight is 338 g/mol. The van der Waals surface area contributed by atoms with Gasteiger partial charge in [-0.05, 0) is 40.6 Å². The van der Waals surface area contributed by atoms with Crippen LogP contribution in [0.25, 0.3) is 0 Å². The Morgan fingerprint density at radius 2 is 2.20 bits per heavy atom. The van der Waals surface area contributed by atoms with Crippen LogP contribution in [-0.4, -0.2) is 36.4 Å². The fourth-order valence-corrected chi connectivity index (χ4v) is 2.79. The summed E-state index contributed by atoms with van der Waals surface area (Å²) in [5.74, 6) is -0.166. The summed E-state index contributed by atoms with van der Waals surface area (Å²) in [5, 5.41) is 10.4. The molecule has 3 atom stereocenters. The Labute approximate surface area is 126 Å². The molecule has 1 aromatic carbocycles. The van der Waals surface area contributed by atoms with Gasteiger partial charge in [-0.15, -0.1) is 5.73 Å². The predicted octanol–water partition coefficient (Wildman–Crippen LogP) is 2.27. The van der Waals surface area contributed by atoms with Crippen LogP contribution in [0, 0.1) is 0 Å². The first-order valence-electron chi connectivity index (χ1n) is 6.18. The Morgan fingerprint density at radius 1 is 1.55 bits per heavy atom. The second kappa shape index (κ2) is 5.94. The van der Waals surface area contributed by atoms with Crippen molar-refractivity contribution in [3.05, 3.63) is 46.6 Å². The standard InChI is InChI=1S/C15H16BrNO3/c1-4-9(2)13(18)12-14(20-3)15(19)17(12)11-8-6-5-7-10(11)16/h5-8,12-14,18H,1H2,2-3H3/t12-,13-,14+/m1/s1. The van der Waals surface area contributed by atoms with Crippen molar-refractivity contribution in [2.24, 2.45) is 0 Å². The van der Waals surface area contributed by atoms with E-state index in [2.05, 4.69) is 28.2 Å². The van der Waals surface area contributed by atoms with Crippen molar-refractivity contribution < 1.29 is 14.6 Å². The summed E-state index contributed by atoms with van der Waals surface area (Å²) in [6.07, 6.45) is -1.51. The van der Waals surface area contributed by atoms with Crippen LogP contribution >= 0.6 is 15.9 Å². The van der Waals surface area contributed by atoms with Crippen LogP contribution in [-0.2, 0) is 9.53 Å². The molecule has 5 heteroatoms. The molecule has 4 nitrogen and oxygen atoms in total. The minimum absolute atomic E-state index is 0.166. The van der Waals surface area contributed by atoms with Crippen molar-refractivity contribution in [3.63, 3.8) is 0 Å². The predicted molar refractivity (Wildman–Crippen MR) is 80.5 cm³/mol. The number of nitrogens with zero attached hydrogens (tertiary/aromatic N) is 1. The van der Waals surface area contributed by atoms with Gasteiger partial charge in [-0.25, -0.2) is 0 Å². The smallest absolute Gasteiger partial charge is 0.258 e. The van der Waals surface area contributed by atoms with Crippen molar-refractivity contribution in [1.82, 2.24) is 0 Å². The molecule has 0 spiro atoms. The van der Waals surface area contributed by atoms with Crippen LogP contribution in [0.15, 0.2) is 46.6 Å². The highest BCUT2D eigenvalue weighted by Gasteiger charge is 2.52. The molecule has 20 heavy (non-hydrogen) atoms. The van der Waals surface area contributed by atoms with E-state index in [1.54, 1.807) is 11.8 Å². The first-order valence-corrected chi connectivity index (χ1v) is 6.97. The third-order valence-electron chi connectivity index (χ3n) is 3.50. The molecule has 0 aromatic heterocycles. The maximum atomic E-state index is 12.2. The minimum Gasteiger partial charge on any atom is -0.386 e. The highest BCUT2D eigenvalue weighted by Crippen LogP contribution is 2.37. The summed E-state index contributed by atoms with van der Waals surface area (Å²) in [7, 11) is 1.46. The first-order chi connectivity index (χ1) is 9.52. The van der Waals surface area contributed by atoms with Gasteiger partial charge < -0.3 is 9.84 Å². The van der Waals surface area contributed by atoms with Crippen LogP contribution in [0.1, 0.15) is 6.92 Å². The van der Waals surface area contributed by atoms with Gasteiger partial charge in [-0.3, -0.25) is 9.69 Å². The van der Waals surface area contributed by atoms with Gasteiger partial charge in [0.15, 0.2) is 6.10 Å². The second-order valence-corrected chi connectivity index (χ2v) is 5.47. The summed E-state index contributed by atoms with van der Waals surface area (Å²) in [6, 6.07) is 6.91. The van der Waals surface area contributed by atoms with Crippen molar-refractivity contribution in [1.29, 1.82) is 0 Å². The number of para-hydroxylation sites is 1. The molecule has 106 valence electrons. The summed E-state index contributed by atoms with van der Waals surface area (Å²) in [5.41, 5.74) is 3.97. The molecule has 1 saturated heterocycles. The van der Waals surface area contributed by atoms with Crippen molar-refractivity contribution in [2.45, 2.75) is 25.2 Å². The van der Waals surface area contributed by atoms with E-state index in [0.29, 0.717) is 11.3 Å². The van der Waals surface area contributed by atoms with Gasteiger partial charge in [0.05, 0.1) is 5.69 Å². The molecule has 1 aliphatic heterocycles. The van der Waals surface area contributed by atoms with Gasteiger partial charge in [0, 0.05) is 11.6 Å². The number of amides is 1. The monoisotopic (exact) mass is 337 g/mol.